The number of halogens is 3. The van der Waals surface area contributed by atoms with Gasteiger partial charge in [0.1, 0.15) is 5.82 Å². The van der Waals surface area contributed by atoms with Gasteiger partial charge in [0.15, 0.2) is 0 Å². The number of benzene rings is 1. The lowest BCUT2D eigenvalue weighted by atomic mass is 10.3. The maximum absolute atomic E-state index is 13.0. The summed E-state index contributed by atoms with van der Waals surface area (Å²) in [6.45, 7) is 0.685. The van der Waals surface area contributed by atoms with Crippen molar-refractivity contribution in [1.29, 1.82) is 0 Å². The molecule has 1 heterocycles. The summed E-state index contributed by atoms with van der Waals surface area (Å²) < 4.78 is 15.0. The van der Waals surface area contributed by atoms with Crippen molar-refractivity contribution in [3.63, 3.8) is 0 Å². The average Bonchev–Trinajstić information content (AvgIpc) is 2.66. The van der Waals surface area contributed by atoms with Gasteiger partial charge in [-0.3, -0.25) is 0 Å². The Balaban J connectivity index is 2.07. The van der Waals surface area contributed by atoms with Crippen molar-refractivity contribution in [1.82, 2.24) is 0 Å². The summed E-state index contributed by atoms with van der Waals surface area (Å²) in [6.07, 6.45) is 0. The lowest BCUT2D eigenvalue weighted by Crippen LogP contribution is -1.99. The number of rotatable bonds is 3. The smallest absolute Gasteiger partial charge is 0.125 e. The fourth-order valence-electron chi connectivity index (χ4n) is 1.27. The summed E-state index contributed by atoms with van der Waals surface area (Å²) in [7, 11) is 0. The molecule has 84 valence electrons. The van der Waals surface area contributed by atoms with Crippen LogP contribution in [0.5, 0.6) is 0 Å². The highest BCUT2D eigenvalue weighted by Crippen LogP contribution is 2.25. The Morgan fingerprint density at radius 1 is 1.25 bits per heavy atom. The summed E-state index contributed by atoms with van der Waals surface area (Å²) >= 11 is 8.42. The minimum atomic E-state index is -0.239. The van der Waals surface area contributed by atoms with E-state index in [9.17, 15) is 4.39 Å². The van der Waals surface area contributed by atoms with Crippen LogP contribution in [0.25, 0.3) is 0 Å². The molecule has 0 aliphatic carbocycles. The molecule has 0 radical (unpaired) electrons. The van der Waals surface area contributed by atoms with E-state index in [1.54, 1.807) is 17.4 Å². The molecule has 16 heavy (non-hydrogen) atoms. The monoisotopic (exact) mass is 363 g/mol. The molecule has 1 aromatic carbocycles. The minimum Gasteiger partial charge on any atom is -0.380 e. The fraction of sp³-hybridized carbons (Fsp3) is 0.0909. The Kier molecular flexibility index (Phi) is 4.00. The van der Waals surface area contributed by atoms with Gasteiger partial charge in [-0.2, -0.15) is 0 Å². The van der Waals surface area contributed by atoms with Crippen molar-refractivity contribution in [3.05, 3.63) is 49.3 Å². The van der Waals surface area contributed by atoms with Crippen LogP contribution in [0.2, 0.25) is 0 Å². The van der Waals surface area contributed by atoms with Gasteiger partial charge in [-0.05, 0) is 67.1 Å². The molecule has 0 unspecified atom stereocenters. The van der Waals surface area contributed by atoms with Crippen LogP contribution in [0.15, 0.2) is 37.9 Å². The zero-order valence-corrected chi connectivity index (χ0v) is 12.1. The van der Waals surface area contributed by atoms with Crippen molar-refractivity contribution in [2.75, 3.05) is 5.32 Å². The van der Waals surface area contributed by atoms with Gasteiger partial charge >= 0.3 is 0 Å². The first kappa shape index (κ1) is 12.1. The minimum absolute atomic E-state index is 0.239. The molecule has 1 N–H and O–H groups in total. The molecule has 0 saturated heterocycles. The zero-order chi connectivity index (χ0) is 11.5. The summed E-state index contributed by atoms with van der Waals surface area (Å²) in [5.41, 5.74) is 1.94. The first-order valence-corrected chi connectivity index (χ1v) is 7.03. The second-order valence-electron chi connectivity index (χ2n) is 3.24. The Morgan fingerprint density at radius 3 is 2.75 bits per heavy atom. The van der Waals surface area contributed by atoms with Gasteiger partial charge in [0.2, 0.25) is 0 Å². The number of thiophene rings is 1. The Hall–Kier alpha value is -0.390. The van der Waals surface area contributed by atoms with Crippen molar-refractivity contribution in [2.45, 2.75) is 6.54 Å². The van der Waals surface area contributed by atoms with Crippen LogP contribution in [0.3, 0.4) is 0 Å². The molecule has 0 atom stereocenters. The molecule has 0 spiro atoms. The van der Waals surface area contributed by atoms with Crippen molar-refractivity contribution >= 4 is 48.9 Å². The average molecular weight is 365 g/mol. The maximum Gasteiger partial charge on any atom is 0.125 e. The molecule has 0 saturated carbocycles. The van der Waals surface area contributed by atoms with Gasteiger partial charge in [0.25, 0.3) is 0 Å². The van der Waals surface area contributed by atoms with E-state index in [-0.39, 0.29) is 5.82 Å². The topological polar surface area (TPSA) is 12.0 Å². The van der Waals surface area contributed by atoms with E-state index in [1.807, 2.05) is 6.07 Å². The van der Waals surface area contributed by atoms with E-state index in [2.05, 4.69) is 42.6 Å². The molecule has 0 amide bonds. The predicted molar refractivity (Wildman–Crippen MR) is 73.4 cm³/mol. The first-order chi connectivity index (χ1) is 7.65. The molecular formula is C11H8Br2FNS. The quantitative estimate of drug-likeness (QED) is 0.805. The lowest BCUT2D eigenvalue weighted by Gasteiger charge is -2.07. The van der Waals surface area contributed by atoms with Gasteiger partial charge in [0, 0.05) is 11.0 Å². The Labute approximate surface area is 114 Å². The van der Waals surface area contributed by atoms with E-state index in [1.165, 1.54) is 17.7 Å². The molecular weight excluding hydrogens is 357 g/mol. The molecule has 0 fully saturated rings. The van der Waals surface area contributed by atoms with E-state index in [0.717, 1.165) is 13.9 Å². The number of hydrogen-bond donors (Lipinski definition) is 1. The van der Waals surface area contributed by atoms with Gasteiger partial charge in [-0.15, -0.1) is 11.3 Å². The van der Waals surface area contributed by atoms with Gasteiger partial charge in [-0.25, -0.2) is 4.39 Å². The molecule has 0 bridgehead atoms. The fourth-order valence-corrected chi connectivity index (χ4v) is 2.86. The molecule has 0 aliphatic rings. The Morgan fingerprint density at radius 2 is 2.06 bits per heavy atom. The second kappa shape index (κ2) is 5.29. The summed E-state index contributed by atoms with van der Waals surface area (Å²) in [5.74, 6) is -0.239. The Bertz CT molecular complexity index is 498. The SMILES string of the molecule is Fc1ccc(Br)c(NCc2csc(Br)c2)c1. The van der Waals surface area contributed by atoms with E-state index < -0.39 is 0 Å². The number of hydrogen-bond acceptors (Lipinski definition) is 2. The van der Waals surface area contributed by atoms with E-state index in [0.29, 0.717) is 6.54 Å². The highest BCUT2D eigenvalue weighted by Gasteiger charge is 2.02. The molecule has 1 aromatic heterocycles. The second-order valence-corrected chi connectivity index (χ2v) is 6.38. The standard InChI is InChI=1S/C11H8Br2FNS/c12-9-2-1-8(14)4-10(9)15-5-7-3-11(13)16-6-7/h1-4,6,15H,5H2. The highest BCUT2D eigenvalue weighted by molar-refractivity contribution is 9.11. The molecule has 0 aliphatic heterocycles. The summed E-state index contributed by atoms with van der Waals surface area (Å²) in [4.78, 5) is 0. The zero-order valence-electron chi connectivity index (χ0n) is 8.14. The van der Waals surface area contributed by atoms with Crippen LogP contribution < -0.4 is 5.32 Å². The van der Waals surface area contributed by atoms with Crippen LogP contribution >= 0.6 is 43.2 Å². The number of anilines is 1. The predicted octanol–water partition coefficient (Wildman–Crippen LogP) is 5.02. The lowest BCUT2D eigenvalue weighted by molar-refractivity contribution is 0.628. The molecule has 2 rings (SSSR count). The first-order valence-electron chi connectivity index (χ1n) is 4.57. The maximum atomic E-state index is 13.0. The van der Waals surface area contributed by atoms with E-state index >= 15 is 0 Å². The highest BCUT2D eigenvalue weighted by atomic mass is 79.9. The van der Waals surface area contributed by atoms with Crippen LogP contribution in [0.1, 0.15) is 5.56 Å². The van der Waals surface area contributed by atoms with Gasteiger partial charge in [-0.1, -0.05) is 0 Å². The largest absolute Gasteiger partial charge is 0.380 e. The van der Waals surface area contributed by atoms with Gasteiger partial charge < -0.3 is 5.32 Å². The van der Waals surface area contributed by atoms with Crippen LogP contribution in [-0.4, -0.2) is 0 Å². The third-order valence-corrected chi connectivity index (χ3v) is 4.28. The van der Waals surface area contributed by atoms with E-state index in [4.69, 9.17) is 0 Å². The molecule has 1 nitrogen and oxygen atoms in total. The van der Waals surface area contributed by atoms with Crippen molar-refractivity contribution in [3.8, 4) is 0 Å². The van der Waals surface area contributed by atoms with Crippen molar-refractivity contribution in [2.24, 2.45) is 0 Å². The molecule has 5 heteroatoms. The number of nitrogens with one attached hydrogen (secondary N) is 1. The van der Waals surface area contributed by atoms with Crippen LogP contribution in [0, 0.1) is 5.82 Å². The summed E-state index contributed by atoms with van der Waals surface area (Å²) in [5, 5.41) is 5.24. The van der Waals surface area contributed by atoms with Crippen molar-refractivity contribution < 1.29 is 4.39 Å². The van der Waals surface area contributed by atoms with Crippen LogP contribution in [-0.2, 0) is 6.54 Å². The van der Waals surface area contributed by atoms with Gasteiger partial charge in [0.05, 0.1) is 9.47 Å². The normalized spacial score (nSPS) is 10.4. The van der Waals surface area contributed by atoms with Crippen LogP contribution in [0.4, 0.5) is 10.1 Å². The third-order valence-electron chi connectivity index (χ3n) is 2.03. The third kappa shape index (κ3) is 3.06. The summed E-state index contributed by atoms with van der Waals surface area (Å²) in [6, 6.07) is 6.65. The molecule has 2 aromatic rings.